The molecule has 0 spiro atoms. The Bertz CT molecular complexity index is 381. The highest BCUT2D eigenvalue weighted by Gasteiger charge is 2.38. The van der Waals surface area contributed by atoms with E-state index in [0.29, 0.717) is 6.54 Å². The lowest BCUT2D eigenvalue weighted by Crippen LogP contribution is -2.49. The predicted molar refractivity (Wildman–Crippen MR) is 81.0 cm³/mol. The summed E-state index contributed by atoms with van der Waals surface area (Å²) in [5, 5.41) is 0. The van der Waals surface area contributed by atoms with Gasteiger partial charge >= 0.3 is 6.09 Å². The van der Waals surface area contributed by atoms with E-state index in [1.807, 2.05) is 25.7 Å². The Morgan fingerprint density at radius 2 is 1.57 bits per heavy atom. The number of carbonyl (C=O) groups is 2. The third kappa shape index (κ3) is 4.35. The van der Waals surface area contributed by atoms with Gasteiger partial charge in [-0.15, -0.1) is 0 Å². The number of hydrogen-bond acceptors (Lipinski definition) is 3. The van der Waals surface area contributed by atoms with E-state index in [-0.39, 0.29) is 18.0 Å². The van der Waals surface area contributed by atoms with E-state index in [4.69, 9.17) is 4.74 Å². The van der Waals surface area contributed by atoms with Crippen LogP contribution in [-0.2, 0) is 9.53 Å². The van der Waals surface area contributed by atoms with Crippen molar-refractivity contribution in [2.24, 2.45) is 0 Å². The molecule has 0 aromatic heterocycles. The smallest absolute Gasteiger partial charge is 0.410 e. The Morgan fingerprint density at radius 3 is 2.14 bits per heavy atom. The van der Waals surface area contributed by atoms with E-state index in [2.05, 4.69) is 0 Å². The first-order chi connectivity index (χ1) is 9.88. The summed E-state index contributed by atoms with van der Waals surface area (Å²) >= 11 is 0. The molecule has 0 aliphatic carbocycles. The number of hydrogen-bond donors (Lipinski definition) is 0. The van der Waals surface area contributed by atoms with Gasteiger partial charge in [-0.25, -0.2) is 4.79 Å². The van der Waals surface area contributed by atoms with Gasteiger partial charge in [-0.2, -0.15) is 0 Å². The van der Waals surface area contributed by atoms with Crippen LogP contribution in [0.2, 0.25) is 0 Å². The highest BCUT2D eigenvalue weighted by atomic mass is 16.6. The Morgan fingerprint density at radius 1 is 0.952 bits per heavy atom. The van der Waals surface area contributed by atoms with Crippen LogP contribution >= 0.6 is 0 Å². The minimum absolute atomic E-state index is 0.111. The van der Waals surface area contributed by atoms with Crippen molar-refractivity contribution in [1.82, 2.24) is 9.80 Å². The average Bonchev–Trinajstić information content (AvgIpc) is 2.71. The van der Waals surface area contributed by atoms with Gasteiger partial charge in [0.25, 0.3) is 0 Å². The largest absolute Gasteiger partial charge is 0.444 e. The quantitative estimate of drug-likeness (QED) is 0.747. The summed E-state index contributed by atoms with van der Waals surface area (Å²) in [7, 11) is 0. The van der Waals surface area contributed by atoms with Gasteiger partial charge in [0, 0.05) is 19.6 Å². The number of ether oxygens (including phenoxy) is 1. The lowest BCUT2D eigenvalue weighted by atomic mass is 10.2. The molecular formula is C16H28N2O3. The standard InChI is InChI=1S/C16H28N2O3/c1-16(2,3)21-15(20)18-12-8-9-13(18)14(19)17-10-6-4-5-7-11-17/h13H,4-12H2,1-3H3/t13-/m1/s1. The molecular weight excluding hydrogens is 268 g/mol. The first kappa shape index (κ1) is 16.1. The maximum Gasteiger partial charge on any atom is 0.410 e. The maximum atomic E-state index is 12.7. The molecule has 21 heavy (non-hydrogen) atoms. The molecule has 2 fully saturated rings. The summed E-state index contributed by atoms with van der Waals surface area (Å²) < 4.78 is 5.43. The first-order valence-corrected chi connectivity index (χ1v) is 8.17. The van der Waals surface area contributed by atoms with Crippen molar-refractivity contribution in [2.75, 3.05) is 19.6 Å². The van der Waals surface area contributed by atoms with Gasteiger partial charge in [-0.1, -0.05) is 12.8 Å². The molecule has 2 heterocycles. The van der Waals surface area contributed by atoms with Crippen LogP contribution in [-0.4, -0.2) is 53.1 Å². The molecule has 2 aliphatic heterocycles. The van der Waals surface area contributed by atoms with Crippen LogP contribution in [0.4, 0.5) is 4.79 Å². The van der Waals surface area contributed by atoms with E-state index in [1.54, 1.807) is 4.90 Å². The lowest BCUT2D eigenvalue weighted by molar-refractivity contribution is -0.135. The fraction of sp³-hybridized carbons (Fsp3) is 0.875. The zero-order valence-corrected chi connectivity index (χ0v) is 13.6. The number of carbonyl (C=O) groups excluding carboxylic acids is 2. The number of rotatable bonds is 1. The summed E-state index contributed by atoms with van der Waals surface area (Å²) in [6.45, 7) is 7.85. The lowest BCUT2D eigenvalue weighted by Gasteiger charge is -2.31. The van der Waals surface area contributed by atoms with Crippen molar-refractivity contribution < 1.29 is 14.3 Å². The van der Waals surface area contributed by atoms with E-state index in [1.165, 1.54) is 12.8 Å². The zero-order valence-electron chi connectivity index (χ0n) is 13.6. The average molecular weight is 296 g/mol. The van der Waals surface area contributed by atoms with Crippen molar-refractivity contribution in [3.05, 3.63) is 0 Å². The summed E-state index contributed by atoms with van der Waals surface area (Å²) in [4.78, 5) is 28.5. The molecule has 2 rings (SSSR count). The fourth-order valence-electron chi connectivity index (χ4n) is 3.06. The third-order valence-corrected chi connectivity index (χ3v) is 4.08. The van der Waals surface area contributed by atoms with Crippen LogP contribution in [0.5, 0.6) is 0 Å². The Labute approximate surface area is 127 Å². The number of amides is 2. The van der Waals surface area contributed by atoms with Crippen molar-refractivity contribution >= 4 is 12.0 Å². The minimum atomic E-state index is -0.518. The normalized spacial score (nSPS) is 23.9. The van der Waals surface area contributed by atoms with Gasteiger partial charge in [0.15, 0.2) is 0 Å². The summed E-state index contributed by atoms with van der Waals surface area (Å²) in [6, 6.07) is -0.321. The second kappa shape index (κ2) is 6.67. The van der Waals surface area contributed by atoms with Crippen LogP contribution in [0.1, 0.15) is 59.3 Å². The molecule has 0 aromatic carbocycles. The molecule has 0 bridgehead atoms. The van der Waals surface area contributed by atoms with Crippen molar-refractivity contribution in [3.8, 4) is 0 Å². The Hall–Kier alpha value is -1.26. The van der Waals surface area contributed by atoms with E-state index < -0.39 is 5.60 Å². The molecule has 0 radical (unpaired) electrons. The monoisotopic (exact) mass is 296 g/mol. The Kier molecular flexibility index (Phi) is 5.12. The topological polar surface area (TPSA) is 49.9 Å². The highest BCUT2D eigenvalue weighted by Crippen LogP contribution is 2.23. The van der Waals surface area contributed by atoms with E-state index in [0.717, 1.165) is 38.8 Å². The van der Waals surface area contributed by atoms with Crippen LogP contribution < -0.4 is 0 Å². The second-order valence-electron chi connectivity index (χ2n) is 7.07. The number of likely N-dealkylation sites (tertiary alicyclic amines) is 2. The van der Waals surface area contributed by atoms with Gasteiger partial charge in [0.05, 0.1) is 0 Å². The Balaban J connectivity index is 2.00. The van der Waals surface area contributed by atoms with E-state index >= 15 is 0 Å². The summed E-state index contributed by atoms with van der Waals surface area (Å²) in [5.74, 6) is 0.111. The molecule has 0 aromatic rings. The molecule has 2 saturated heterocycles. The SMILES string of the molecule is CC(C)(C)OC(=O)N1CCC[C@@H]1C(=O)N1CCCCCC1. The third-order valence-electron chi connectivity index (χ3n) is 4.08. The maximum absolute atomic E-state index is 12.7. The van der Waals surface area contributed by atoms with Crippen LogP contribution in [0.15, 0.2) is 0 Å². The molecule has 1 atom stereocenters. The molecule has 120 valence electrons. The molecule has 2 amide bonds. The summed E-state index contributed by atoms with van der Waals surface area (Å²) in [5.41, 5.74) is -0.518. The number of nitrogens with zero attached hydrogens (tertiary/aromatic N) is 2. The van der Waals surface area contributed by atoms with Gasteiger partial charge in [-0.3, -0.25) is 9.69 Å². The molecule has 5 heteroatoms. The minimum Gasteiger partial charge on any atom is -0.444 e. The van der Waals surface area contributed by atoms with Crippen LogP contribution in [0, 0.1) is 0 Å². The van der Waals surface area contributed by atoms with Gasteiger partial charge < -0.3 is 9.64 Å². The summed E-state index contributed by atoms with van der Waals surface area (Å²) in [6.07, 6.45) is 5.83. The zero-order chi connectivity index (χ0) is 15.5. The second-order valence-corrected chi connectivity index (χ2v) is 7.07. The highest BCUT2D eigenvalue weighted by molar-refractivity contribution is 5.86. The molecule has 2 aliphatic rings. The first-order valence-electron chi connectivity index (χ1n) is 8.17. The van der Waals surface area contributed by atoms with Gasteiger partial charge in [-0.05, 0) is 46.5 Å². The van der Waals surface area contributed by atoms with Crippen molar-refractivity contribution in [2.45, 2.75) is 70.9 Å². The molecule has 0 saturated carbocycles. The molecule has 5 nitrogen and oxygen atoms in total. The predicted octanol–water partition coefficient (Wildman–Crippen LogP) is 2.79. The van der Waals surface area contributed by atoms with Crippen LogP contribution in [0.25, 0.3) is 0 Å². The van der Waals surface area contributed by atoms with E-state index in [9.17, 15) is 9.59 Å². The molecule has 0 unspecified atom stereocenters. The molecule has 0 N–H and O–H groups in total. The van der Waals surface area contributed by atoms with Crippen LogP contribution in [0.3, 0.4) is 0 Å². The fourth-order valence-corrected chi connectivity index (χ4v) is 3.06. The van der Waals surface area contributed by atoms with Gasteiger partial charge in [0.1, 0.15) is 11.6 Å². The van der Waals surface area contributed by atoms with Crippen molar-refractivity contribution in [3.63, 3.8) is 0 Å². The van der Waals surface area contributed by atoms with Gasteiger partial charge in [0.2, 0.25) is 5.91 Å². The van der Waals surface area contributed by atoms with Crippen molar-refractivity contribution in [1.29, 1.82) is 0 Å².